The normalized spacial score (nSPS) is 11.8. The molecule has 2 aromatic rings. The lowest BCUT2D eigenvalue weighted by atomic mass is 10.1. The minimum Gasteiger partial charge on any atom is -0.380 e. The number of nitrogens with one attached hydrogen (secondary N) is 2. The molecule has 122 valence electrons. The molecule has 0 spiro atoms. The van der Waals surface area contributed by atoms with Crippen molar-refractivity contribution in [1.29, 1.82) is 0 Å². The zero-order valence-electron chi connectivity index (χ0n) is 13.2. The van der Waals surface area contributed by atoms with E-state index >= 15 is 0 Å². The molecular formula is C18H22ClN3O. The second-order valence-electron chi connectivity index (χ2n) is 5.42. The van der Waals surface area contributed by atoms with Crippen LogP contribution < -0.4 is 16.4 Å². The van der Waals surface area contributed by atoms with Crippen LogP contribution in [0.1, 0.15) is 25.3 Å². The molecule has 1 atom stereocenters. The lowest BCUT2D eigenvalue weighted by Gasteiger charge is -2.13. The van der Waals surface area contributed by atoms with Gasteiger partial charge >= 0.3 is 0 Å². The Balaban J connectivity index is 1.96. The summed E-state index contributed by atoms with van der Waals surface area (Å²) in [5.74, 6) is -0.187. The lowest BCUT2D eigenvalue weighted by molar-refractivity contribution is -0.117. The van der Waals surface area contributed by atoms with E-state index in [0.29, 0.717) is 23.7 Å². The molecule has 2 rings (SSSR count). The van der Waals surface area contributed by atoms with E-state index < -0.39 is 6.04 Å². The van der Waals surface area contributed by atoms with Crippen LogP contribution in [0, 0.1) is 0 Å². The van der Waals surface area contributed by atoms with Gasteiger partial charge in [-0.2, -0.15) is 0 Å². The number of carbonyl (C=O) groups is 1. The van der Waals surface area contributed by atoms with E-state index in [1.165, 1.54) is 5.56 Å². The maximum atomic E-state index is 11.9. The highest BCUT2D eigenvalue weighted by molar-refractivity contribution is 6.33. The van der Waals surface area contributed by atoms with Crippen LogP contribution in [-0.2, 0) is 11.3 Å². The highest BCUT2D eigenvalue weighted by Crippen LogP contribution is 2.26. The molecule has 1 unspecified atom stereocenters. The number of hydrogen-bond acceptors (Lipinski definition) is 3. The minimum atomic E-state index is -0.491. The summed E-state index contributed by atoms with van der Waals surface area (Å²) in [6, 6.07) is 15.0. The molecule has 0 saturated heterocycles. The van der Waals surface area contributed by atoms with E-state index in [-0.39, 0.29) is 5.91 Å². The van der Waals surface area contributed by atoms with Crippen molar-refractivity contribution in [2.24, 2.45) is 5.73 Å². The molecule has 5 heteroatoms. The number of anilines is 2. The molecule has 0 aliphatic heterocycles. The van der Waals surface area contributed by atoms with Gasteiger partial charge in [-0.25, -0.2) is 0 Å². The molecule has 0 fully saturated rings. The van der Waals surface area contributed by atoms with E-state index in [0.717, 1.165) is 12.1 Å². The average Bonchev–Trinajstić information content (AvgIpc) is 2.55. The first-order valence-electron chi connectivity index (χ1n) is 7.74. The van der Waals surface area contributed by atoms with Gasteiger partial charge < -0.3 is 16.4 Å². The van der Waals surface area contributed by atoms with E-state index in [2.05, 4.69) is 10.6 Å². The quantitative estimate of drug-likeness (QED) is 0.718. The van der Waals surface area contributed by atoms with Gasteiger partial charge in [0.05, 0.1) is 16.8 Å². The molecule has 0 saturated carbocycles. The summed E-state index contributed by atoms with van der Waals surface area (Å²) in [5.41, 5.74) is 8.45. The van der Waals surface area contributed by atoms with Crippen molar-refractivity contribution in [3.05, 3.63) is 59.1 Å². The number of halogens is 1. The summed E-state index contributed by atoms with van der Waals surface area (Å²) < 4.78 is 0. The summed E-state index contributed by atoms with van der Waals surface area (Å²) in [6.07, 6.45) is 1.54. The fraction of sp³-hybridized carbons (Fsp3) is 0.278. The van der Waals surface area contributed by atoms with Gasteiger partial charge in [0.15, 0.2) is 0 Å². The van der Waals surface area contributed by atoms with E-state index in [4.69, 9.17) is 17.3 Å². The molecule has 4 N–H and O–H groups in total. The van der Waals surface area contributed by atoms with Crippen molar-refractivity contribution in [3.8, 4) is 0 Å². The third-order valence-electron chi connectivity index (χ3n) is 3.50. The molecule has 2 aromatic carbocycles. The first kappa shape index (κ1) is 17.3. The molecule has 23 heavy (non-hydrogen) atoms. The third kappa shape index (κ3) is 5.27. The van der Waals surface area contributed by atoms with E-state index in [9.17, 15) is 4.79 Å². The predicted molar refractivity (Wildman–Crippen MR) is 96.7 cm³/mol. The smallest absolute Gasteiger partial charge is 0.241 e. The zero-order valence-corrected chi connectivity index (χ0v) is 13.9. The molecule has 0 heterocycles. The maximum absolute atomic E-state index is 11.9. The van der Waals surface area contributed by atoms with Crippen LogP contribution >= 0.6 is 11.6 Å². The molecule has 4 nitrogen and oxygen atoms in total. The fourth-order valence-corrected chi connectivity index (χ4v) is 2.45. The Kier molecular flexibility index (Phi) is 6.44. The third-order valence-corrected chi connectivity index (χ3v) is 3.81. The number of nitrogens with two attached hydrogens (primary N) is 1. The van der Waals surface area contributed by atoms with E-state index in [1.54, 1.807) is 6.07 Å². The molecule has 0 radical (unpaired) electrons. The van der Waals surface area contributed by atoms with Gasteiger partial charge in [0.2, 0.25) is 5.91 Å². The second-order valence-corrected chi connectivity index (χ2v) is 5.83. The summed E-state index contributed by atoms with van der Waals surface area (Å²) in [6.45, 7) is 2.69. The Bertz CT molecular complexity index is 646. The Labute approximate surface area is 142 Å². The van der Waals surface area contributed by atoms with Gasteiger partial charge in [0.1, 0.15) is 0 Å². The molecule has 0 aliphatic rings. The van der Waals surface area contributed by atoms with Crippen LogP contribution in [0.25, 0.3) is 0 Å². The van der Waals surface area contributed by atoms with Crippen LogP contribution in [0.4, 0.5) is 11.4 Å². The minimum absolute atomic E-state index is 0.187. The van der Waals surface area contributed by atoms with Gasteiger partial charge in [0.25, 0.3) is 0 Å². The Morgan fingerprint density at radius 1 is 1.22 bits per heavy atom. The Morgan fingerprint density at radius 2 is 1.96 bits per heavy atom. The van der Waals surface area contributed by atoms with Crippen molar-refractivity contribution < 1.29 is 4.79 Å². The number of benzene rings is 2. The van der Waals surface area contributed by atoms with Gasteiger partial charge in [-0.3, -0.25) is 4.79 Å². The summed E-state index contributed by atoms with van der Waals surface area (Å²) in [5, 5.41) is 6.63. The first-order valence-corrected chi connectivity index (χ1v) is 8.11. The van der Waals surface area contributed by atoms with Crippen LogP contribution in [0.5, 0.6) is 0 Å². The number of rotatable bonds is 7. The predicted octanol–water partition coefficient (Wildman–Crippen LogP) is 4.02. The van der Waals surface area contributed by atoms with Gasteiger partial charge in [0, 0.05) is 12.2 Å². The molecule has 1 amide bonds. The summed E-state index contributed by atoms with van der Waals surface area (Å²) >= 11 is 6.27. The first-order chi connectivity index (χ1) is 11.1. The van der Waals surface area contributed by atoms with Crippen LogP contribution in [0.15, 0.2) is 48.5 Å². The SMILES string of the molecule is CCCC(N)C(=O)Nc1ccc(NCc2ccccc2)c(Cl)c1. The highest BCUT2D eigenvalue weighted by atomic mass is 35.5. The Morgan fingerprint density at radius 3 is 2.61 bits per heavy atom. The van der Waals surface area contributed by atoms with Crippen LogP contribution in [0.2, 0.25) is 5.02 Å². The van der Waals surface area contributed by atoms with Crippen LogP contribution in [-0.4, -0.2) is 11.9 Å². The lowest BCUT2D eigenvalue weighted by Crippen LogP contribution is -2.35. The molecule has 0 bridgehead atoms. The topological polar surface area (TPSA) is 67.2 Å². The van der Waals surface area contributed by atoms with Gasteiger partial charge in [-0.1, -0.05) is 55.3 Å². The zero-order chi connectivity index (χ0) is 16.7. The monoisotopic (exact) mass is 331 g/mol. The largest absolute Gasteiger partial charge is 0.380 e. The van der Waals surface area contributed by atoms with Gasteiger partial charge in [-0.05, 0) is 30.2 Å². The summed E-state index contributed by atoms with van der Waals surface area (Å²) in [7, 11) is 0. The molecule has 0 aromatic heterocycles. The number of carbonyl (C=O) groups excluding carboxylic acids is 1. The van der Waals surface area contributed by atoms with E-state index in [1.807, 2.05) is 49.4 Å². The second kappa shape index (κ2) is 8.56. The van der Waals surface area contributed by atoms with Crippen molar-refractivity contribution >= 4 is 28.9 Å². The van der Waals surface area contributed by atoms with Crippen molar-refractivity contribution in [1.82, 2.24) is 0 Å². The Hall–Kier alpha value is -2.04. The summed E-state index contributed by atoms with van der Waals surface area (Å²) in [4.78, 5) is 11.9. The number of amides is 1. The number of hydrogen-bond donors (Lipinski definition) is 3. The fourth-order valence-electron chi connectivity index (χ4n) is 2.21. The standard InChI is InChI=1S/C18H22ClN3O/c1-2-6-16(20)18(23)22-14-9-10-17(15(19)11-14)21-12-13-7-4-3-5-8-13/h3-5,7-11,16,21H,2,6,12,20H2,1H3,(H,22,23). The van der Waals surface area contributed by atoms with Crippen LogP contribution in [0.3, 0.4) is 0 Å². The van der Waals surface area contributed by atoms with Crippen molar-refractivity contribution in [2.45, 2.75) is 32.4 Å². The van der Waals surface area contributed by atoms with Gasteiger partial charge in [-0.15, -0.1) is 0 Å². The van der Waals surface area contributed by atoms with Crippen molar-refractivity contribution in [2.75, 3.05) is 10.6 Å². The molecule has 0 aliphatic carbocycles. The molecular weight excluding hydrogens is 310 g/mol. The van der Waals surface area contributed by atoms with Crippen molar-refractivity contribution in [3.63, 3.8) is 0 Å². The average molecular weight is 332 g/mol. The maximum Gasteiger partial charge on any atom is 0.241 e. The highest BCUT2D eigenvalue weighted by Gasteiger charge is 2.12.